The molecule has 116 valence electrons. The first-order valence-corrected chi connectivity index (χ1v) is 7.43. The molecule has 2 atom stereocenters. The van der Waals surface area contributed by atoms with E-state index in [0.717, 1.165) is 30.6 Å². The average molecular weight is 292 g/mol. The number of methoxy groups -OCH3 is 1. The van der Waals surface area contributed by atoms with Gasteiger partial charge in [0, 0.05) is 6.04 Å². The third kappa shape index (κ3) is 4.93. The average Bonchev–Trinajstić information content (AvgIpc) is 3.31. The van der Waals surface area contributed by atoms with Crippen LogP contribution in [0.5, 0.6) is 5.75 Å². The highest BCUT2D eigenvalue weighted by atomic mass is 16.5. The molecule has 0 saturated heterocycles. The zero-order valence-electron chi connectivity index (χ0n) is 12.6. The molecule has 1 saturated carbocycles. The van der Waals surface area contributed by atoms with E-state index in [1.165, 1.54) is 0 Å². The highest BCUT2D eigenvalue weighted by molar-refractivity contribution is 5.74. The number of nitrogens with one attached hydrogen (secondary N) is 2. The van der Waals surface area contributed by atoms with Crippen molar-refractivity contribution < 1.29 is 14.6 Å². The molecule has 0 radical (unpaired) electrons. The van der Waals surface area contributed by atoms with Gasteiger partial charge in [0.05, 0.1) is 19.8 Å². The minimum atomic E-state index is -0.235. The lowest BCUT2D eigenvalue weighted by molar-refractivity contribution is 0.216. The van der Waals surface area contributed by atoms with Crippen LogP contribution in [-0.4, -0.2) is 36.9 Å². The topological polar surface area (TPSA) is 70.6 Å². The van der Waals surface area contributed by atoms with Crippen molar-refractivity contribution in [2.75, 3.05) is 13.7 Å². The fourth-order valence-corrected chi connectivity index (χ4v) is 2.37. The number of carbonyl (C=O) groups is 1. The van der Waals surface area contributed by atoms with Crippen molar-refractivity contribution in [2.24, 2.45) is 5.92 Å². The van der Waals surface area contributed by atoms with E-state index in [1.54, 1.807) is 14.0 Å². The number of rotatable bonds is 7. The van der Waals surface area contributed by atoms with Gasteiger partial charge in [0.2, 0.25) is 0 Å². The van der Waals surface area contributed by atoms with Gasteiger partial charge in [0.15, 0.2) is 0 Å². The van der Waals surface area contributed by atoms with E-state index in [-0.39, 0.29) is 24.7 Å². The van der Waals surface area contributed by atoms with Gasteiger partial charge in [-0.25, -0.2) is 4.79 Å². The Hall–Kier alpha value is -1.75. The number of carbonyl (C=O) groups excluding carboxylic acids is 1. The van der Waals surface area contributed by atoms with Gasteiger partial charge in [0.25, 0.3) is 0 Å². The predicted molar refractivity (Wildman–Crippen MR) is 81.4 cm³/mol. The van der Waals surface area contributed by atoms with Crippen molar-refractivity contribution in [3.8, 4) is 5.75 Å². The van der Waals surface area contributed by atoms with Gasteiger partial charge in [-0.3, -0.25) is 0 Å². The molecule has 0 bridgehead atoms. The SMILES string of the molecule is COc1cccc(CC(NC(=O)NC(C)CO)C2CC2)c1. The van der Waals surface area contributed by atoms with Crippen molar-refractivity contribution in [2.45, 2.75) is 38.3 Å². The standard InChI is InChI=1S/C16H24N2O3/c1-11(10-19)17-16(20)18-15(13-6-7-13)9-12-4-3-5-14(8-12)21-2/h3-5,8,11,13,15,19H,6-7,9-10H2,1-2H3,(H2,17,18,20). The fourth-order valence-electron chi connectivity index (χ4n) is 2.37. The number of hydrogen-bond donors (Lipinski definition) is 3. The first-order valence-electron chi connectivity index (χ1n) is 7.43. The number of benzene rings is 1. The summed E-state index contributed by atoms with van der Waals surface area (Å²) in [6.07, 6.45) is 3.11. The van der Waals surface area contributed by atoms with Crippen molar-refractivity contribution in [1.29, 1.82) is 0 Å². The van der Waals surface area contributed by atoms with E-state index in [0.29, 0.717) is 5.92 Å². The summed E-state index contributed by atoms with van der Waals surface area (Å²) in [5.74, 6) is 1.38. The maximum Gasteiger partial charge on any atom is 0.315 e. The second kappa shape index (κ2) is 7.31. The third-order valence-corrected chi connectivity index (χ3v) is 3.75. The van der Waals surface area contributed by atoms with Crippen LogP contribution in [0.4, 0.5) is 4.79 Å². The van der Waals surface area contributed by atoms with Crippen LogP contribution in [0.1, 0.15) is 25.3 Å². The highest BCUT2D eigenvalue weighted by Crippen LogP contribution is 2.34. The van der Waals surface area contributed by atoms with Gasteiger partial charge in [-0.15, -0.1) is 0 Å². The molecule has 1 aliphatic carbocycles. The van der Waals surface area contributed by atoms with Crippen molar-refractivity contribution in [3.05, 3.63) is 29.8 Å². The lowest BCUT2D eigenvalue weighted by atomic mass is 10.0. The Morgan fingerprint density at radius 2 is 2.19 bits per heavy atom. The Labute approximate surface area is 125 Å². The minimum Gasteiger partial charge on any atom is -0.497 e. The van der Waals surface area contributed by atoms with Crippen LogP contribution in [0.3, 0.4) is 0 Å². The quantitative estimate of drug-likeness (QED) is 0.716. The largest absolute Gasteiger partial charge is 0.497 e. The van der Waals surface area contributed by atoms with Crippen molar-refractivity contribution in [1.82, 2.24) is 10.6 Å². The van der Waals surface area contributed by atoms with Crippen LogP contribution in [-0.2, 0) is 6.42 Å². The second-order valence-electron chi connectivity index (χ2n) is 5.70. The molecular weight excluding hydrogens is 268 g/mol. The van der Waals surface area contributed by atoms with E-state index in [4.69, 9.17) is 9.84 Å². The monoisotopic (exact) mass is 292 g/mol. The molecule has 2 rings (SSSR count). The first kappa shape index (κ1) is 15.6. The zero-order valence-corrected chi connectivity index (χ0v) is 12.6. The molecule has 0 aliphatic heterocycles. The Kier molecular flexibility index (Phi) is 5.44. The lowest BCUT2D eigenvalue weighted by Crippen LogP contribution is -2.47. The van der Waals surface area contributed by atoms with E-state index >= 15 is 0 Å². The number of urea groups is 1. The van der Waals surface area contributed by atoms with E-state index < -0.39 is 0 Å². The molecule has 0 aromatic heterocycles. The zero-order chi connectivity index (χ0) is 15.2. The van der Waals surface area contributed by atoms with Crippen molar-refractivity contribution >= 4 is 6.03 Å². The van der Waals surface area contributed by atoms with E-state index in [9.17, 15) is 4.79 Å². The summed E-state index contributed by atoms with van der Waals surface area (Å²) in [4.78, 5) is 11.9. The van der Waals surface area contributed by atoms with Crippen LogP contribution in [0.25, 0.3) is 0 Å². The maximum absolute atomic E-state index is 11.9. The van der Waals surface area contributed by atoms with Gasteiger partial charge in [-0.1, -0.05) is 12.1 Å². The van der Waals surface area contributed by atoms with Gasteiger partial charge in [-0.2, -0.15) is 0 Å². The molecule has 5 nitrogen and oxygen atoms in total. The number of hydrogen-bond acceptors (Lipinski definition) is 3. The predicted octanol–water partition coefficient (Wildman–Crippen LogP) is 1.70. The minimum absolute atomic E-state index is 0.0581. The number of ether oxygens (including phenoxy) is 1. The van der Waals surface area contributed by atoms with Gasteiger partial charge in [-0.05, 0) is 49.8 Å². The molecule has 1 aromatic rings. The van der Waals surface area contributed by atoms with Crippen LogP contribution in [0.2, 0.25) is 0 Å². The van der Waals surface area contributed by atoms with Crippen LogP contribution in [0.15, 0.2) is 24.3 Å². The Morgan fingerprint density at radius 3 is 2.81 bits per heavy atom. The molecule has 0 heterocycles. The van der Waals surface area contributed by atoms with Gasteiger partial charge in [0.1, 0.15) is 5.75 Å². The molecule has 1 aliphatic rings. The van der Waals surface area contributed by atoms with Crippen LogP contribution >= 0.6 is 0 Å². The van der Waals surface area contributed by atoms with Crippen molar-refractivity contribution in [3.63, 3.8) is 0 Å². The molecule has 1 aromatic carbocycles. The van der Waals surface area contributed by atoms with Gasteiger partial charge >= 0.3 is 6.03 Å². The molecular formula is C16H24N2O3. The van der Waals surface area contributed by atoms with E-state index in [2.05, 4.69) is 10.6 Å². The number of aliphatic hydroxyl groups is 1. The molecule has 0 spiro atoms. The number of aliphatic hydroxyl groups excluding tert-OH is 1. The lowest BCUT2D eigenvalue weighted by Gasteiger charge is -2.20. The maximum atomic E-state index is 11.9. The van der Waals surface area contributed by atoms with Crippen LogP contribution in [0, 0.1) is 5.92 Å². The molecule has 21 heavy (non-hydrogen) atoms. The summed E-state index contributed by atoms with van der Waals surface area (Å²) >= 11 is 0. The highest BCUT2D eigenvalue weighted by Gasteiger charge is 2.32. The summed E-state index contributed by atoms with van der Waals surface area (Å²) < 4.78 is 5.23. The summed E-state index contributed by atoms with van der Waals surface area (Å²) in [6, 6.07) is 7.62. The first-order chi connectivity index (χ1) is 10.1. The Balaban J connectivity index is 1.94. The molecule has 3 N–H and O–H groups in total. The molecule has 2 unspecified atom stereocenters. The second-order valence-corrected chi connectivity index (χ2v) is 5.70. The smallest absolute Gasteiger partial charge is 0.315 e. The summed E-state index contributed by atoms with van der Waals surface area (Å²) in [5.41, 5.74) is 1.15. The van der Waals surface area contributed by atoms with Crippen LogP contribution < -0.4 is 15.4 Å². The molecule has 5 heteroatoms. The molecule has 1 fully saturated rings. The van der Waals surface area contributed by atoms with E-state index in [1.807, 2.05) is 24.3 Å². The van der Waals surface area contributed by atoms with Gasteiger partial charge < -0.3 is 20.5 Å². The third-order valence-electron chi connectivity index (χ3n) is 3.75. The Bertz CT molecular complexity index is 474. The Morgan fingerprint density at radius 1 is 1.43 bits per heavy atom. The number of amides is 2. The normalized spacial score (nSPS) is 16.9. The summed E-state index contributed by atoms with van der Waals surface area (Å²) in [5, 5.41) is 14.7. The summed E-state index contributed by atoms with van der Waals surface area (Å²) in [6.45, 7) is 1.71. The fraction of sp³-hybridized carbons (Fsp3) is 0.562. The summed E-state index contributed by atoms with van der Waals surface area (Å²) in [7, 11) is 1.65. The molecule has 2 amide bonds.